The molecule has 0 atom stereocenters. The summed E-state index contributed by atoms with van der Waals surface area (Å²) in [6.45, 7) is 2.49. The van der Waals surface area contributed by atoms with Crippen molar-refractivity contribution in [1.29, 1.82) is 5.26 Å². The molecule has 0 saturated heterocycles. The lowest BCUT2D eigenvalue weighted by molar-refractivity contribution is -0.108. The summed E-state index contributed by atoms with van der Waals surface area (Å²) in [5.41, 5.74) is 0.653. The van der Waals surface area contributed by atoms with E-state index in [1.54, 1.807) is 30.3 Å². The third-order valence-electron chi connectivity index (χ3n) is 1.83. The van der Waals surface area contributed by atoms with E-state index in [2.05, 4.69) is 0 Å². The Morgan fingerprint density at radius 1 is 1.50 bits per heavy atom. The number of nitriles is 1. The molecule has 0 amide bonds. The number of rotatable bonds is 4. The molecule has 0 aromatic heterocycles. The van der Waals surface area contributed by atoms with E-state index in [0.717, 1.165) is 11.3 Å². The fraction of sp³-hybridized carbons (Fsp3) is 0.167. The molecule has 0 aliphatic heterocycles. The molecule has 1 aromatic rings. The standard InChI is InChI=1S/C12H10ClNO2/c1-2-16-11-5-3-9(4-6-11)7-10(8-14)12(13)15/h3-7H,2H2,1H3. The van der Waals surface area contributed by atoms with Crippen LogP contribution in [0.15, 0.2) is 29.8 Å². The zero-order chi connectivity index (χ0) is 12.0. The van der Waals surface area contributed by atoms with Crippen molar-refractivity contribution in [2.45, 2.75) is 6.92 Å². The molecule has 0 N–H and O–H groups in total. The second-order valence-electron chi connectivity index (χ2n) is 2.95. The summed E-state index contributed by atoms with van der Waals surface area (Å²) >= 11 is 5.22. The molecule has 1 rings (SSSR count). The van der Waals surface area contributed by atoms with Crippen LogP contribution in [0, 0.1) is 11.3 Å². The average molecular weight is 236 g/mol. The maximum Gasteiger partial charge on any atom is 0.262 e. The predicted octanol–water partition coefficient (Wildman–Crippen LogP) is 2.76. The highest BCUT2D eigenvalue weighted by molar-refractivity contribution is 6.68. The minimum absolute atomic E-state index is 0.0779. The van der Waals surface area contributed by atoms with Crippen LogP contribution >= 0.6 is 11.6 Å². The van der Waals surface area contributed by atoms with Crippen LogP contribution in [0.3, 0.4) is 0 Å². The van der Waals surface area contributed by atoms with E-state index in [0.29, 0.717) is 6.61 Å². The van der Waals surface area contributed by atoms with E-state index in [1.807, 2.05) is 6.92 Å². The van der Waals surface area contributed by atoms with E-state index in [-0.39, 0.29) is 5.57 Å². The molecular weight excluding hydrogens is 226 g/mol. The Morgan fingerprint density at radius 2 is 2.12 bits per heavy atom. The first-order valence-corrected chi connectivity index (χ1v) is 5.09. The molecule has 0 fully saturated rings. The number of allylic oxidation sites excluding steroid dienone is 1. The molecule has 0 unspecified atom stereocenters. The fourth-order valence-corrected chi connectivity index (χ4v) is 1.22. The second kappa shape index (κ2) is 5.94. The van der Waals surface area contributed by atoms with Gasteiger partial charge < -0.3 is 4.74 Å². The molecule has 16 heavy (non-hydrogen) atoms. The quantitative estimate of drug-likeness (QED) is 0.458. The van der Waals surface area contributed by atoms with Gasteiger partial charge in [0.05, 0.1) is 6.61 Å². The Kier molecular flexibility index (Phi) is 4.56. The van der Waals surface area contributed by atoms with Gasteiger partial charge in [-0.3, -0.25) is 4.79 Å². The van der Waals surface area contributed by atoms with Gasteiger partial charge in [-0.05, 0) is 42.3 Å². The van der Waals surface area contributed by atoms with Gasteiger partial charge in [0.2, 0.25) is 0 Å². The van der Waals surface area contributed by atoms with Gasteiger partial charge in [-0.15, -0.1) is 0 Å². The zero-order valence-corrected chi connectivity index (χ0v) is 9.49. The first-order chi connectivity index (χ1) is 7.67. The number of carbonyl (C=O) groups excluding carboxylic acids is 1. The van der Waals surface area contributed by atoms with Crippen LogP contribution in [0.5, 0.6) is 5.75 Å². The van der Waals surface area contributed by atoms with Crippen molar-refractivity contribution in [3.63, 3.8) is 0 Å². The maximum absolute atomic E-state index is 10.8. The average Bonchev–Trinajstić information content (AvgIpc) is 2.28. The van der Waals surface area contributed by atoms with Crippen LogP contribution in [0.2, 0.25) is 0 Å². The first-order valence-electron chi connectivity index (χ1n) is 4.72. The van der Waals surface area contributed by atoms with Crippen molar-refractivity contribution in [1.82, 2.24) is 0 Å². The molecule has 0 radical (unpaired) electrons. The summed E-state index contributed by atoms with van der Waals surface area (Å²) < 4.78 is 5.26. The molecule has 1 aromatic carbocycles. The number of hydrogen-bond acceptors (Lipinski definition) is 3. The van der Waals surface area contributed by atoms with E-state index < -0.39 is 5.24 Å². The van der Waals surface area contributed by atoms with E-state index in [1.165, 1.54) is 6.08 Å². The lowest BCUT2D eigenvalue weighted by Crippen LogP contribution is -1.91. The molecular formula is C12H10ClNO2. The van der Waals surface area contributed by atoms with Gasteiger partial charge in [-0.2, -0.15) is 5.26 Å². The molecule has 0 spiro atoms. The second-order valence-corrected chi connectivity index (χ2v) is 3.29. The van der Waals surface area contributed by atoms with Crippen LogP contribution in [0.1, 0.15) is 12.5 Å². The van der Waals surface area contributed by atoms with Crippen LogP contribution < -0.4 is 4.74 Å². The van der Waals surface area contributed by atoms with Crippen molar-refractivity contribution in [3.8, 4) is 11.8 Å². The van der Waals surface area contributed by atoms with Crippen LogP contribution in [0.4, 0.5) is 0 Å². The number of halogens is 1. The molecule has 4 heteroatoms. The largest absolute Gasteiger partial charge is 0.494 e. The Hall–Kier alpha value is -1.79. The number of nitrogens with zero attached hydrogens (tertiary/aromatic N) is 1. The molecule has 0 saturated carbocycles. The summed E-state index contributed by atoms with van der Waals surface area (Å²) in [6.07, 6.45) is 1.44. The lowest BCUT2D eigenvalue weighted by Gasteiger charge is -2.02. The van der Waals surface area contributed by atoms with Gasteiger partial charge in [0, 0.05) is 0 Å². The molecule has 0 aliphatic rings. The SMILES string of the molecule is CCOc1ccc(C=C(C#N)C(=O)Cl)cc1. The van der Waals surface area contributed by atoms with Gasteiger partial charge in [0.1, 0.15) is 17.4 Å². The Labute approximate surface area is 98.9 Å². The topological polar surface area (TPSA) is 50.1 Å². The van der Waals surface area contributed by atoms with Crippen molar-refractivity contribution in [2.24, 2.45) is 0 Å². The van der Waals surface area contributed by atoms with Gasteiger partial charge in [0.15, 0.2) is 0 Å². The third kappa shape index (κ3) is 3.41. The highest BCUT2D eigenvalue weighted by atomic mass is 35.5. The number of hydrogen-bond donors (Lipinski definition) is 0. The lowest BCUT2D eigenvalue weighted by atomic mass is 10.1. The summed E-state index contributed by atoms with van der Waals surface area (Å²) in [6, 6.07) is 8.78. The van der Waals surface area contributed by atoms with Gasteiger partial charge >= 0.3 is 0 Å². The van der Waals surface area contributed by atoms with Crippen LogP contribution in [0.25, 0.3) is 6.08 Å². The minimum Gasteiger partial charge on any atom is -0.494 e. The van der Waals surface area contributed by atoms with Crippen molar-refractivity contribution in [2.75, 3.05) is 6.61 Å². The molecule has 0 bridgehead atoms. The van der Waals surface area contributed by atoms with E-state index in [4.69, 9.17) is 21.6 Å². The highest BCUT2D eigenvalue weighted by Crippen LogP contribution is 2.15. The number of ether oxygens (including phenoxy) is 1. The molecule has 0 aliphatic carbocycles. The maximum atomic E-state index is 10.8. The van der Waals surface area contributed by atoms with Crippen LogP contribution in [-0.4, -0.2) is 11.8 Å². The van der Waals surface area contributed by atoms with Gasteiger partial charge in [-0.1, -0.05) is 12.1 Å². The summed E-state index contributed by atoms with van der Waals surface area (Å²) in [4.78, 5) is 10.8. The van der Waals surface area contributed by atoms with Crippen molar-refractivity contribution >= 4 is 22.9 Å². The summed E-state index contributed by atoms with van der Waals surface area (Å²) in [7, 11) is 0. The number of benzene rings is 1. The molecule has 82 valence electrons. The minimum atomic E-state index is -0.753. The first kappa shape index (κ1) is 12.3. The highest BCUT2D eigenvalue weighted by Gasteiger charge is 2.04. The third-order valence-corrected chi connectivity index (χ3v) is 2.04. The van der Waals surface area contributed by atoms with Crippen LogP contribution in [-0.2, 0) is 4.79 Å². The molecule has 3 nitrogen and oxygen atoms in total. The predicted molar refractivity (Wildman–Crippen MR) is 62.1 cm³/mol. The molecule has 0 heterocycles. The summed E-state index contributed by atoms with van der Waals surface area (Å²) in [5, 5.41) is 7.89. The van der Waals surface area contributed by atoms with Gasteiger partial charge in [0.25, 0.3) is 5.24 Å². The van der Waals surface area contributed by atoms with E-state index >= 15 is 0 Å². The Morgan fingerprint density at radius 3 is 2.56 bits per heavy atom. The monoisotopic (exact) mass is 235 g/mol. The smallest absolute Gasteiger partial charge is 0.262 e. The van der Waals surface area contributed by atoms with Gasteiger partial charge in [-0.25, -0.2) is 0 Å². The van der Waals surface area contributed by atoms with Crippen molar-refractivity contribution in [3.05, 3.63) is 35.4 Å². The Balaban J connectivity index is 2.90. The zero-order valence-electron chi connectivity index (χ0n) is 8.74. The Bertz CT molecular complexity index is 443. The van der Waals surface area contributed by atoms with E-state index in [9.17, 15) is 4.79 Å². The number of carbonyl (C=O) groups is 1. The van der Waals surface area contributed by atoms with Crippen molar-refractivity contribution < 1.29 is 9.53 Å². The normalized spacial score (nSPS) is 10.7. The fourth-order valence-electron chi connectivity index (χ4n) is 1.13. The summed E-state index contributed by atoms with van der Waals surface area (Å²) in [5.74, 6) is 0.746.